The van der Waals surface area contributed by atoms with Gasteiger partial charge in [0.1, 0.15) is 0 Å². The molecule has 21 heavy (non-hydrogen) atoms. The number of hydrogen-bond acceptors (Lipinski definition) is 1. The molecule has 0 aliphatic rings. The van der Waals surface area contributed by atoms with E-state index in [1.807, 2.05) is 42.5 Å². The number of hydrogen-bond donors (Lipinski definition) is 1. The normalized spacial score (nSPS) is 12.5. The first-order chi connectivity index (χ1) is 10.2. The molecule has 1 unspecified atom stereocenters. The van der Waals surface area contributed by atoms with Crippen LogP contribution in [0.4, 0.5) is 0 Å². The molecule has 0 aromatic heterocycles. The fourth-order valence-electron chi connectivity index (χ4n) is 2.74. The smallest absolute Gasteiger partial charge is 0.0841 e. The van der Waals surface area contributed by atoms with E-state index in [1.165, 1.54) is 10.9 Å². The molecule has 0 fully saturated rings. The van der Waals surface area contributed by atoms with E-state index < -0.39 is 6.10 Å². The number of aliphatic hydroxyl groups is 1. The molecule has 1 atom stereocenters. The van der Waals surface area contributed by atoms with Gasteiger partial charge in [-0.3, -0.25) is 0 Å². The molecule has 0 spiro atoms. The third-order valence-corrected chi connectivity index (χ3v) is 4.73. The minimum Gasteiger partial charge on any atom is -0.388 e. The number of aliphatic hydroxyl groups excluding tert-OH is 1. The monoisotopic (exact) mass is 340 g/mol. The molecular weight excluding hydrogens is 324 g/mol. The average molecular weight is 341 g/mol. The summed E-state index contributed by atoms with van der Waals surface area (Å²) in [5.74, 6) is 0. The second-order valence-corrected chi connectivity index (χ2v) is 6.14. The summed E-state index contributed by atoms with van der Waals surface area (Å²) >= 11 is 3.67. The van der Waals surface area contributed by atoms with Gasteiger partial charge in [-0.05, 0) is 50.3 Å². The van der Waals surface area contributed by atoms with Crippen molar-refractivity contribution in [2.24, 2.45) is 0 Å². The van der Waals surface area contributed by atoms with E-state index in [0.717, 1.165) is 21.0 Å². The molecule has 0 bridgehead atoms. The predicted molar refractivity (Wildman–Crippen MR) is 91.5 cm³/mol. The summed E-state index contributed by atoms with van der Waals surface area (Å²) in [5.41, 5.74) is 3.29. The van der Waals surface area contributed by atoms with Crippen molar-refractivity contribution in [3.05, 3.63) is 81.8 Å². The Morgan fingerprint density at radius 2 is 1.57 bits per heavy atom. The third-order valence-electron chi connectivity index (χ3n) is 3.84. The Morgan fingerprint density at radius 1 is 0.952 bits per heavy atom. The van der Waals surface area contributed by atoms with Crippen LogP contribution in [0.2, 0.25) is 0 Å². The standard InChI is InChI=1S/C19H17BrO/c1-13-11-17(18(21)12-14-7-3-2-4-8-14)19(20)16-10-6-5-9-15(13)16/h2-11,18,21H,12H2,1H3. The van der Waals surface area contributed by atoms with Crippen LogP contribution in [0.25, 0.3) is 10.8 Å². The molecule has 106 valence electrons. The van der Waals surface area contributed by atoms with Crippen molar-refractivity contribution < 1.29 is 5.11 Å². The summed E-state index contributed by atoms with van der Waals surface area (Å²) in [5, 5.41) is 13.0. The van der Waals surface area contributed by atoms with Gasteiger partial charge in [-0.25, -0.2) is 0 Å². The first kappa shape index (κ1) is 14.3. The van der Waals surface area contributed by atoms with E-state index in [9.17, 15) is 5.11 Å². The van der Waals surface area contributed by atoms with Crippen LogP contribution in [-0.2, 0) is 6.42 Å². The summed E-state index contributed by atoms with van der Waals surface area (Å²) in [7, 11) is 0. The fraction of sp³-hybridized carbons (Fsp3) is 0.158. The molecule has 0 saturated carbocycles. The molecule has 3 aromatic rings. The molecule has 0 saturated heterocycles. The molecule has 0 aliphatic heterocycles. The number of fused-ring (bicyclic) bond motifs is 1. The zero-order valence-corrected chi connectivity index (χ0v) is 13.5. The first-order valence-corrected chi connectivity index (χ1v) is 7.86. The van der Waals surface area contributed by atoms with Gasteiger partial charge in [-0.1, -0.05) is 60.7 Å². The molecule has 1 nitrogen and oxygen atoms in total. The quantitative estimate of drug-likeness (QED) is 0.695. The highest BCUT2D eigenvalue weighted by Crippen LogP contribution is 2.34. The van der Waals surface area contributed by atoms with E-state index in [0.29, 0.717) is 6.42 Å². The zero-order chi connectivity index (χ0) is 14.8. The maximum Gasteiger partial charge on any atom is 0.0841 e. The maximum absolute atomic E-state index is 10.6. The molecule has 1 N–H and O–H groups in total. The second kappa shape index (κ2) is 6.00. The number of halogens is 1. The largest absolute Gasteiger partial charge is 0.388 e. The first-order valence-electron chi connectivity index (χ1n) is 7.06. The van der Waals surface area contributed by atoms with Crippen LogP contribution in [0.3, 0.4) is 0 Å². The molecular formula is C19H17BrO. The summed E-state index contributed by atoms with van der Waals surface area (Å²) < 4.78 is 0.993. The lowest BCUT2D eigenvalue weighted by Crippen LogP contribution is -2.03. The molecule has 3 rings (SSSR count). The lowest BCUT2D eigenvalue weighted by molar-refractivity contribution is 0.178. The Morgan fingerprint density at radius 3 is 2.29 bits per heavy atom. The molecule has 2 heteroatoms. The van der Waals surface area contributed by atoms with E-state index in [2.05, 4.69) is 41.1 Å². The lowest BCUT2D eigenvalue weighted by atomic mass is 9.96. The van der Waals surface area contributed by atoms with Crippen molar-refractivity contribution in [3.8, 4) is 0 Å². The third kappa shape index (κ3) is 2.87. The van der Waals surface area contributed by atoms with Crippen LogP contribution in [0, 0.1) is 6.92 Å². The van der Waals surface area contributed by atoms with Crippen molar-refractivity contribution >= 4 is 26.7 Å². The van der Waals surface area contributed by atoms with Gasteiger partial charge in [0.25, 0.3) is 0 Å². The van der Waals surface area contributed by atoms with E-state index in [1.54, 1.807) is 0 Å². The Kier molecular flexibility index (Phi) is 4.09. The molecule has 0 amide bonds. The van der Waals surface area contributed by atoms with E-state index in [-0.39, 0.29) is 0 Å². The summed E-state index contributed by atoms with van der Waals surface area (Å²) in [6.45, 7) is 2.09. The molecule has 0 heterocycles. The fourth-order valence-corrected chi connectivity index (χ4v) is 3.46. The van der Waals surface area contributed by atoms with Gasteiger partial charge in [0.15, 0.2) is 0 Å². The van der Waals surface area contributed by atoms with Crippen molar-refractivity contribution in [2.45, 2.75) is 19.4 Å². The van der Waals surface area contributed by atoms with Gasteiger partial charge < -0.3 is 5.11 Å². The second-order valence-electron chi connectivity index (χ2n) is 5.35. The molecule has 3 aromatic carbocycles. The Balaban J connectivity index is 2.02. The number of rotatable bonds is 3. The van der Waals surface area contributed by atoms with Crippen LogP contribution in [0.1, 0.15) is 22.8 Å². The number of benzene rings is 3. The van der Waals surface area contributed by atoms with Gasteiger partial charge in [-0.2, -0.15) is 0 Å². The highest BCUT2D eigenvalue weighted by atomic mass is 79.9. The highest BCUT2D eigenvalue weighted by molar-refractivity contribution is 9.10. The van der Waals surface area contributed by atoms with Gasteiger partial charge in [-0.15, -0.1) is 0 Å². The Labute approximate surface area is 133 Å². The summed E-state index contributed by atoms with van der Waals surface area (Å²) in [6.07, 6.45) is 0.113. The van der Waals surface area contributed by atoms with Crippen molar-refractivity contribution in [1.82, 2.24) is 0 Å². The average Bonchev–Trinajstić information content (AvgIpc) is 2.52. The van der Waals surface area contributed by atoms with Gasteiger partial charge >= 0.3 is 0 Å². The Bertz CT molecular complexity index is 765. The minimum absolute atomic E-state index is 0.509. The zero-order valence-electron chi connectivity index (χ0n) is 11.9. The van der Waals surface area contributed by atoms with Crippen LogP contribution < -0.4 is 0 Å². The van der Waals surface area contributed by atoms with E-state index >= 15 is 0 Å². The van der Waals surface area contributed by atoms with Gasteiger partial charge in [0, 0.05) is 10.9 Å². The Hall–Kier alpha value is -1.64. The lowest BCUT2D eigenvalue weighted by Gasteiger charge is -2.16. The van der Waals surface area contributed by atoms with Crippen LogP contribution in [0.5, 0.6) is 0 Å². The van der Waals surface area contributed by atoms with Crippen molar-refractivity contribution in [2.75, 3.05) is 0 Å². The van der Waals surface area contributed by atoms with Crippen LogP contribution in [0.15, 0.2) is 65.1 Å². The SMILES string of the molecule is Cc1cc(C(O)Cc2ccccc2)c(Br)c2ccccc12. The number of aryl methyl sites for hydroxylation is 1. The molecule has 0 radical (unpaired) electrons. The van der Waals surface area contributed by atoms with E-state index in [4.69, 9.17) is 0 Å². The van der Waals surface area contributed by atoms with Crippen molar-refractivity contribution in [3.63, 3.8) is 0 Å². The summed E-state index contributed by atoms with van der Waals surface area (Å²) in [6, 6.07) is 20.4. The van der Waals surface area contributed by atoms with Gasteiger partial charge in [0.05, 0.1) is 6.10 Å². The van der Waals surface area contributed by atoms with Crippen LogP contribution >= 0.6 is 15.9 Å². The topological polar surface area (TPSA) is 20.2 Å². The van der Waals surface area contributed by atoms with Crippen LogP contribution in [-0.4, -0.2) is 5.11 Å². The molecule has 0 aliphatic carbocycles. The minimum atomic E-state index is -0.509. The summed E-state index contributed by atoms with van der Waals surface area (Å²) in [4.78, 5) is 0. The van der Waals surface area contributed by atoms with Gasteiger partial charge in [0.2, 0.25) is 0 Å². The van der Waals surface area contributed by atoms with Crippen molar-refractivity contribution in [1.29, 1.82) is 0 Å². The maximum atomic E-state index is 10.6. The predicted octanol–water partition coefficient (Wildman–Crippen LogP) is 5.19. The highest BCUT2D eigenvalue weighted by Gasteiger charge is 2.15.